The van der Waals surface area contributed by atoms with Gasteiger partial charge < -0.3 is 14.8 Å². The molecule has 0 atom stereocenters. The topological polar surface area (TPSA) is 71.3 Å². The van der Waals surface area contributed by atoms with Crippen molar-refractivity contribution < 1.29 is 18.7 Å². The summed E-state index contributed by atoms with van der Waals surface area (Å²) in [6.07, 6.45) is 1.38. The van der Waals surface area contributed by atoms with E-state index in [2.05, 4.69) is 21.2 Å². The number of carbonyl (C=O) groups is 1. The zero-order chi connectivity index (χ0) is 18.4. The number of hydrogen-bond acceptors (Lipinski definition) is 4. The molecule has 0 aliphatic carbocycles. The number of halogens is 2. The van der Waals surface area contributed by atoms with Crippen molar-refractivity contribution in [2.75, 3.05) is 19.5 Å². The van der Waals surface area contributed by atoms with Crippen molar-refractivity contribution in [1.82, 2.24) is 0 Å². The summed E-state index contributed by atoms with van der Waals surface area (Å²) in [5.74, 6) is -0.322. The van der Waals surface area contributed by atoms with Gasteiger partial charge in [0.15, 0.2) is 11.5 Å². The van der Waals surface area contributed by atoms with Crippen LogP contribution in [0, 0.1) is 17.1 Å². The van der Waals surface area contributed by atoms with Gasteiger partial charge in [0.2, 0.25) is 0 Å². The number of ether oxygens (including phenoxy) is 2. The summed E-state index contributed by atoms with van der Waals surface area (Å²) in [4.78, 5) is 12.2. The van der Waals surface area contributed by atoms with Gasteiger partial charge in [-0.15, -0.1) is 0 Å². The van der Waals surface area contributed by atoms with E-state index in [0.29, 0.717) is 21.5 Å². The molecule has 0 aliphatic heterocycles. The molecular weight excluding hydrogens is 391 g/mol. The quantitative estimate of drug-likeness (QED) is 0.599. The number of hydrogen-bond donors (Lipinski definition) is 1. The molecule has 0 unspecified atom stereocenters. The van der Waals surface area contributed by atoms with Crippen molar-refractivity contribution in [3.05, 3.63) is 57.8 Å². The number of benzene rings is 2. The van der Waals surface area contributed by atoms with Crippen LogP contribution in [-0.2, 0) is 4.79 Å². The molecule has 0 radical (unpaired) electrons. The molecule has 0 aliphatic rings. The van der Waals surface area contributed by atoms with E-state index in [0.717, 1.165) is 0 Å². The smallest absolute Gasteiger partial charge is 0.266 e. The van der Waals surface area contributed by atoms with Gasteiger partial charge in [0, 0.05) is 4.47 Å². The highest BCUT2D eigenvalue weighted by Crippen LogP contribution is 2.28. The zero-order valence-electron chi connectivity index (χ0n) is 13.5. The van der Waals surface area contributed by atoms with Crippen molar-refractivity contribution in [3.8, 4) is 17.6 Å². The predicted octanol–water partition coefficient (Wildman–Crippen LogP) is 4.15. The summed E-state index contributed by atoms with van der Waals surface area (Å²) in [6, 6.07) is 11.0. The first kappa shape index (κ1) is 18.5. The molecule has 25 heavy (non-hydrogen) atoms. The van der Waals surface area contributed by atoms with E-state index in [-0.39, 0.29) is 11.3 Å². The number of carbonyl (C=O) groups excluding carboxylic acids is 1. The molecule has 2 aromatic carbocycles. The molecule has 0 saturated carbocycles. The third-order valence-corrected chi connectivity index (χ3v) is 3.76. The van der Waals surface area contributed by atoms with Crippen LogP contribution < -0.4 is 14.8 Å². The Morgan fingerprint density at radius 1 is 1.20 bits per heavy atom. The molecule has 0 aromatic heterocycles. The maximum atomic E-state index is 13.8. The Morgan fingerprint density at radius 2 is 1.92 bits per heavy atom. The fourth-order valence-electron chi connectivity index (χ4n) is 2.04. The molecule has 0 fully saturated rings. The molecule has 0 heterocycles. The minimum Gasteiger partial charge on any atom is -0.493 e. The summed E-state index contributed by atoms with van der Waals surface area (Å²) >= 11 is 3.14. The van der Waals surface area contributed by atoms with Crippen LogP contribution in [0.25, 0.3) is 6.08 Å². The molecule has 1 N–H and O–H groups in total. The minimum atomic E-state index is -0.710. The van der Waals surface area contributed by atoms with Crippen LogP contribution >= 0.6 is 15.9 Å². The molecule has 0 bridgehead atoms. The lowest BCUT2D eigenvalue weighted by Gasteiger charge is -2.08. The number of anilines is 1. The molecular formula is C18H14BrFN2O3. The normalized spacial score (nSPS) is 10.8. The van der Waals surface area contributed by atoms with E-state index in [1.54, 1.807) is 24.3 Å². The van der Waals surface area contributed by atoms with Gasteiger partial charge in [-0.1, -0.05) is 22.0 Å². The predicted molar refractivity (Wildman–Crippen MR) is 95.9 cm³/mol. The second-order valence-corrected chi connectivity index (χ2v) is 5.78. The van der Waals surface area contributed by atoms with Gasteiger partial charge in [-0.3, -0.25) is 4.79 Å². The van der Waals surface area contributed by atoms with Crippen LogP contribution in [0.3, 0.4) is 0 Å². The van der Waals surface area contributed by atoms with Gasteiger partial charge in [-0.05, 0) is 42.0 Å². The first-order valence-electron chi connectivity index (χ1n) is 7.08. The third kappa shape index (κ3) is 4.58. The number of nitrogens with zero attached hydrogens (tertiary/aromatic N) is 1. The van der Waals surface area contributed by atoms with E-state index in [1.807, 2.05) is 6.07 Å². The largest absolute Gasteiger partial charge is 0.493 e. The van der Waals surface area contributed by atoms with E-state index in [4.69, 9.17) is 9.47 Å². The molecule has 7 heteroatoms. The number of methoxy groups -OCH3 is 2. The SMILES string of the molecule is COc1ccc(C=C(C#N)C(=O)Nc2ccc(Br)cc2F)cc1OC. The van der Waals surface area contributed by atoms with Crippen LogP contribution in [0.5, 0.6) is 11.5 Å². The molecule has 5 nitrogen and oxygen atoms in total. The van der Waals surface area contributed by atoms with Crippen molar-refractivity contribution in [2.24, 2.45) is 0 Å². The van der Waals surface area contributed by atoms with Crippen molar-refractivity contribution in [1.29, 1.82) is 5.26 Å². The Hall–Kier alpha value is -2.85. The number of rotatable bonds is 5. The van der Waals surface area contributed by atoms with Crippen LogP contribution in [-0.4, -0.2) is 20.1 Å². The minimum absolute atomic E-state index is 0.0124. The standard InChI is InChI=1S/C18H14BrFN2O3/c1-24-16-6-3-11(8-17(16)25-2)7-12(10-21)18(23)22-15-5-4-13(19)9-14(15)20/h3-9H,1-2H3,(H,22,23). The van der Waals surface area contributed by atoms with Gasteiger partial charge in [0.05, 0.1) is 19.9 Å². The van der Waals surface area contributed by atoms with E-state index in [1.165, 1.54) is 32.4 Å². The van der Waals surface area contributed by atoms with Crippen LogP contribution in [0.15, 0.2) is 46.4 Å². The second-order valence-electron chi connectivity index (χ2n) is 4.86. The zero-order valence-corrected chi connectivity index (χ0v) is 15.1. The highest BCUT2D eigenvalue weighted by Gasteiger charge is 2.13. The maximum Gasteiger partial charge on any atom is 0.266 e. The highest BCUT2D eigenvalue weighted by molar-refractivity contribution is 9.10. The first-order chi connectivity index (χ1) is 12.0. The number of amides is 1. The summed E-state index contributed by atoms with van der Waals surface area (Å²) in [5.41, 5.74) is 0.386. The number of nitriles is 1. The third-order valence-electron chi connectivity index (χ3n) is 3.26. The van der Waals surface area contributed by atoms with Crippen molar-refractivity contribution in [3.63, 3.8) is 0 Å². The Bertz CT molecular complexity index is 875. The van der Waals surface area contributed by atoms with E-state index < -0.39 is 11.7 Å². The monoisotopic (exact) mass is 404 g/mol. The summed E-state index contributed by atoms with van der Waals surface area (Å²) in [6.45, 7) is 0. The van der Waals surface area contributed by atoms with Crippen LogP contribution in [0.1, 0.15) is 5.56 Å². The first-order valence-corrected chi connectivity index (χ1v) is 7.88. The van der Waals surface area contributed by atoms with Gasteiger partial charge in [-0.2, -0.15) is 5.26 Å². The average Bonchev–Trinajstić information content (AvgIpc) is 2.61. The van der Waals surface area contributed by atoms with Gasteiger partial charge in [0.1, 0.15) is 17.5 Å². The lowest BCUT2D eigenvalue weighted by Crippen LogP contribution is -2.14. The van der Waals surface area contributed by atoms with Crippen LogP contribution in [0.2, 0.25) is 0 Å². The van der Waals surface area contributed by atoms with Crippen molar-refractivity contribution >= 4 is 33.6 Å². The fourth-order valence-corrected chi connectivity index (χ4v) is 2.37. The molecule has 0 spiro atoms. The molecule has 1 amide bonds. The average molecular weight is 405 g/mol. The summed E-state index contributed by atoms with van der Waals surface area (Å²) < 4.78 is 24.7. The molecule has 128 valence electrons. The summed E-state index contributed by atoms with van der Waals surface area (Å²) in [5, 5.41) is 11.6. The molecule has 0 saturated heterocycles. The van der Waals surface area contributed by atoms with E-state index >= 15 is 0 Å². The lowest BCUT2D eigenvalue weighted by molar-refractivity contribution is -0.112. The lowest BCUT2D eigenvalue weighted by atomic mass is 10.1. The van der Waals surface area contributed by atoms with Gasteiger partial charge >= 0.3 is 0 Å². The van der Waals surface area contributed by atoms with E-state index in [9.17, 15) is 14.4 Å². The fraction of sp³-hybridized carbons (Fsp3) is 0.111. The van der Waals surface area contributed by atoms with Gasteiger partial charge in [-0.25, -0.2) is 4.39 Å². The van der Waals surface area contributed by atoms with Gasteiger partial charge in [0.25, 0.3) is 5.91 Å². The molecule has 2 rings (SSSR count). The Kier molecular flexibility index (Phi) is 6.14. The maximum absolute atomic E-state index is 13.8. The van der Waals surface area contributed by atoms with Crippen LogP contribution in [0.4, 0.5) is 10.1 Å². The second kappa shape index (κ2) is 8.31. The highest BCUT2D eigenvalue weighted by atomic mass is 79.9. The Labute approximate surface area is 152 Å². The molecule has 2 aromatic rings. The Balaban J connectivity index is 2.28. The number of nitrogens with one attached hydrogen (secondary N) is 1. The Morgan fingerprint density at radius 3 is 2.52 bits per heavy atom. The van der Waals surface area contributed by atoms with Crippen molar-refractivity contribution in [2.45, 2.75) is 0 Å². The summed E-state index contributed by atoms with van der Waals surface area (Å²) in [7, 11) is 2.99.